The van der Waals surface area contributed by atoms with Gasteiger partial charge in [-0.25, -0.2) is 0 Å². The molecule has 1 fully saturated rings. The van der Waals surface area contributed by atoms with Crippen molar-refractivity contribution >= 4 is 34.3 Å². The van der Waals surface area contributed by atoms with Crippen LogP contribution < -0.4 is 10.2 Å². The summed E-state index contributed by atoms with van der Waals surface area (Å²) in [4.78, 5) is 24.3. The van der Waals surface area contributed by atoms with Gasteiger partial charge >= 0.3 is 0 Å². The fourth-order valence-corrected chi connectivity index (χ4v) is 3.05. The van der Waals surface area contributed by atoms with Crippen LogP contribution in [0.5, 0.6) is 0 Å². The molecule has 1 aliphatic heterocycles. The van der Waals surface area contributed by atoms with Crippen LogP contribution in [0.25, 0.3) is 10.9 Å². The first-order valence-corrected chi connectivity index (χ1v) is 8.52. The number of amides is 1. The molecular weight excluding hydrogens is 330 g/mol. The van der Waals surface area contributed by atoms with E-state index in [1.807, 2.05) is 40.1 Å². The fourth-order valence-electron chi connectivity index (χ4n) is 3.05. The number of aromatic nitrogens is 4. The molecule has 8 heteroatoms. The molecule has 8 nitrogen and oxygen atoms in total. The van der Waals surface area contributed by atoms with Crippen molar-refractivity contribution in [3.05, 3.63) is 42.7 Å². The number of nitrogens with one attached hydrogen (secondary N) is 1. The molecule has 0 bridgehead atoms. The van der Waals surface area contributed by atoms with Gasteiger partial charge in [0.15, 0.2) is 5.82 Å². The topological polar surface area (TPSA) is 87.1 Å². The quantitative estimate of drug-likeness (QED) is 0.772. The van der Waals surface area contributed by atoms with Gasteiger partial charge in [-0.05, 0) is 12.1 Å². The summed E-state index contributed by atoms with van der Waals surface area (Å²) in [5, 5.41) is 12.6. The Labute approximate surface area is 150 Å². The molecule has 3 heterocycles. The van der Waals surface area contributed by atoms with E-state index in [4.69, 9.17) is 0 Å². The molecule has 1 N–H and O–H groups in total. The van der Waals surface area contributed by atoms with Crippen LogP contribution in [0, 0.1) is 0 Å². The minimum absolute atomic E-state index is 0.0996. The standard InChI is InChI=1S/C18H19N7O/c1-13(26)24-8-10-25(11-9-24)18-22-16(12-20-23-18)21-15-6-2-4-14-5-3-7-19-17(14)15/h2-7,12H,8-11H2,1H3,(H,21,22,23). The van der Waals surface area contributed by atoms with E-state index in [1.54, 1.807) is 19.3 Å². The second-order valence-electron chi connectivity index (χ2n) is 6.14. The fraction of sp³-hybridized carbons (Fsp3) is 0.278. The van der Waals surface area contributed by atoms with Crippen molar-refractivity contribution in [3.63, 3.8) is 0 Å². The Morgan fingerprint density at radius 1 is 1.12 bits per heavy atom. The minimum atomic E-state index is 0.0996. The molecule has 3 aromatic rings. The average molecular weight is 349 g/mol. The molecule has 26 heavy (non-hydrogen) atoms. The SMILES string of the molecule is CC(=O)N1CCN(c2nncc(Nc3cccc4cccnc34)n2)CC1. The zero-order chi connectivity index (χ0) is 17.9. The Morgan fingerprint density at radius 2 is 1.92 bits per heavy atom. The van der Waals surface area contributed by atoms with E-state index in [-0.39, 0.29) is 5.91 Å². The van der Waals surface area contributed by atoms with Crippen LogP contribution in [-0.2, 0) is 4.79 Å². The largest absolute Gasteiger partial charge is 0.339 e. The summed E-state index contributed by atoms with van der Waals surface area (Å²) in [7, 11) is 0. The molecule has 4 rings (SSSR count). The van der Waals surface area contributed by atoms with Gasteiger partial charge < -0.3 is 15.1 Å². The highest BCUT2D eigenvalue weighted by Gasteiger charge is 2.21. The highest BCUT2D eigenvalue weighted by atomic mass is 16.2. The lowest BCUT2D eigenvalue weighted by molar-refractivity contribution is -0.129. The normalized spacial score (nSPS) is 14.5. The third kappa shape index (κ3) is 3.26. The Morgan fingerprint density at radius 3 is 2.73 bits per heavy atom. The number of nitrogens with zero attached hydrogens (tertiary/aromatic N) is 6. The van der Waals surface area contributed by atoms with Crippen molar-refractivity contribution in [2.75, 3.05) is 36.4 Å². The van der Waals surface area contributed by atoms with E-state index in [0.717, 1.165) is 16.6 Å². The summed E-state index contributed by atoms with van der Waals surface area (Å²) in [6, 6.07) is 9.89. The average Bonchev–Trinajstić information content (AvgIpc) is 2.69. The number of para-hydroxylation sites is 1. The summed E-state index contributed by atoms with van der Waals surface area (Å²) in [6.07, 6.45) is 3.36. The molecule has 0 aliphatic carbocycles. The number of anilines is 3. The molecule has 0 radical (unpaired) electrons. The number of carbonyl (C=O) groups excluding carboxylic acids is 1. The molecule has 0 spiro atoms. The number of hydrogen-bond donors (Lipinski definition) is 1. The lowest BCUT2D eigenvalue weighted by Gasteiger charge is -2.33. The first kappa shape index (κ1) is 16.2. The highest BCUT2D eigenvalue weighted by Crippen LogP contribution is 2.24. The third-order valence-corrected chi connectivity index (χ3v) is 4.45. The summed E-state index contributed by atoms with van der Waals surface area (Å²) in [6.45, 7) is 4.32. The number of hydrogen-bond acceptors (Lipinski definition) is 7. The summed E-state index contributed by atoms with van der Waals surface area (Å²) in [5.41, 5.74) is 1.75. The summed E-state index contributed by atoms with van der Waals surface area (Å²) in [5.74, 6) is 1.27. The maximum Gasteiger partial charge on any atom is 0.247 e. The predicted molar refractivity (Wildman–Crippen MR) is 99.3 cm³/mol. The molecule has 1 saturated heterocycles. The van der Waals surface area contributed by atoms with E-state index in [1.165, 1.54) is 0 Å². The van der Waals surface area contributed by atoms with Crippen molar-refractivity contribution < 1.29 is 4.79 Å². The number of pyridine rings is 1. The van der Waals surface area contributed by atoms with Crippen LogP contribution in [0.2, 0.25) is 0 Å². The van der Waals surface area contributed by atoms with Gasteiger partial charge in [0, 0.05) is 44.7 Å². The van der Waals surface area contributed by atoms with Gasteiger partial charge in [0.2, 0.25) is 11.9 Å². The van der Waals surface area contributed by atoms with E-state index < -0.39 is 0 Å². The Balaban J connectivity index is 1.54. The number of carbonyl (C=O) groups is 1. The van der Waals surface area contributed by atoms with Gasteiger partial charge in [-0.2, -0.15) is 10.1 Å². The first-order valence-electron chi connectivity index (χ1n) is 8.52. The first-order chi connectivity index (χ1) is 12.7. The number of fused-ring (bicyclic) bond motifs is 1. The molecule has 1 aliphatic rings. The van der Waals surface area contributed by atoms with Crippen molar-refractivity contribution in [2.24, 2.45) is 0 Å². The molecule has 2 aromatic heterocycles. The van der Waals surface area contributed by atoms with Crippen molar-refractivity contribution in [1.82, 2.24) is 25.1 Å². The lowest BCUT2D eigenvalue weighted by atomic mass is 10.2. The van der Waals surface area contributed by atoms with Crippen molar-refractivity contribution in [1.29, 1.82) is 0 Å². The second-order valence-corrected chi connectivity index (χ2v) is 6.14. The van der Waals surface area contributed by atoms with Gasteiger partial charge in [-0.1, -0.05) is 18.2 Å². The zero-order valence-corrected chi connectivity index (χ0v) is 14.5. The maximum absolute atomic E-state index is 11.5. The van der Waals surface area contributed by atoms with Crippen LogP contribution in [0.4, 0.5) is 17.5 Å². The molecule has 1 amide bonds. The molecule has 0 unspecified atom stereocenters. The van der Waals surface area contributed by atoms with Crippen LogP contribution in [0.15, 0.2) is 42.7 Å². The minimum Gasteiger partial charge on any atom is -0.339 e. The Bertz CT molecular complexity index is 932. The van der Waals surface area contributed by atoms with E-state index in [2.05, 4.69) is 25.5 Å². The van der Waals surface area contributed by atoms with Crippen LogP contribution in [-0.4, -0.2) is 57.2 Å². The monoisotopic (exact) mass is 349 g/mol. The van der Waals surface area contributed by atoms with Crippen LogP contribution in [0.1, 0.15) is 6.92 Å². The molecule has 0 saturated carbocycles. The van der Waals surface area contributed by atoms with Crippen LogP contribution in [0.3, 0.4) is 0 Å². The predicted octanol–water partition coefficient (Wildman–Crippen LogP) is 1.83. The molecule has 0 atom stereocenters. The number of piperazine rings is 1. The smallest absolute Gasteiger partial charge is 0.247 e. The van der Waals surface area contributed by atoms with E-state index in [9.17, 15) is 4.79 Å². The van der Waals surface area contributed by atoms with Crippen molar-refractivity contribution in [2.45, 2.75) is 6.92 Å². The van der Waals surface area contributed by atoms with Gasteiger partial charge in [-0.15, -0.1) is 5.10 Å². The maximum atomic E-state index is 11.5. The number of benzene rings is 1. The van der Waals surface area contributed by atoms with Gasteiger partial charge in [-0.3, -0.25) is 9.78 Å². The van der Waals surface area contributed by atoms with E-state index >= 15 is 0 Å². The van der Waals surface area contributed by atoms with Gasteiger partial charge in [0.1, 0.15) is 0 Å². The summed E-state index contributed by atoms with van der Waals surface area (Å²) < 4.78 is 0. The van der Waals surface area contributed by atoms with Crippen LogP contribution >= 0.6 is 0 Å². The summed E-state index contributed by atoms with van der Waals surface area (Å²) >= 11 is 0. The zero-order valence-electron chi connectivity index (χ0n) is 14.5. The Hall–Kier alpha value is -3.29. The molecular formula is C18H19N7O. The van der Waals surface area contributed by atoms with Gasteiger partial charge in [0.05, 0.1) is 17.4 Å². The molecule has 132 valence electrons. The Kier molecular flexibility index (Phi) is 4.30. The number of rotatable bonds is 3. The third-order valence-electron chi connectivity index (χ3n) is 4.45. The highest BCUT2D eigenvalue weighted by molar-refractivity contribution is 5.91. The van der Waals surface area contributed by atoms with E-state index in [0.29, 0.717) is 37.9 Å². The second kappa shape index (κ2) is 6.91. The lowest BCUT2D eigenvalue weighted by Crippen LogP contribution is -2.48. The van der Waals surface area contributed by atoms with Gasteiger partial charge in [0.25, 0.3) is 0 Å². The molecule has 1 aromatic carbocycles. The van der Waals surface area contributed by atoms with Crippen molar-refractivity contribution in [3.8, 4) is 0 Å².